The zero-order valence-corrected chi connectivity index (χ0v) is 21.3. The summed E-state index contributed by atoms with van der Waals surface area (Å²) in [5.74, 6) is -0.513. The minimum absolute atomic E-state index is 0.0951. The lowest BCUT2D eigenvalue weighted by molar-refractivity contribution is -0.143. The van der Waals surface area contributed by atoms with E-state index in [2.05, 4.69) is 5.32 Å². The van der Waals surface area contributed by atoms with E-state index < -0.39 is 34.2 Å². The predicted octanol–water partition coefficient (Wildman–Crippen LogP) is 4.17. The molecule has 1 aliphatic heterocycles. The number of piperidine rings is 1. The van der Waals surface area contributed by atoms with Gasteiger partial charge in [0, 0.05) is 13.0 Å². The lowest BCUT2D eigenvalue weighted by Gasteiger charge is -2.45. The highest BCUT2D eigenvalue weighted by Crippen LogP contribution is 2.33. The monoisotopic (exact) mass is 502 g/mol. The van der Waals surface area contributed by atoms with Crippen molar-refractivity contribution >= 4 is 22.1 Å². The van der Waals surface area contributed by atoms with Gasteiger partial charge in [-0.1, -0.05) is 61.4 Å². The van der Waals surface area contributed by atoms with Crippen molar-refractivity contribution in [1.82, 2.24) is 9.62 Å². The first kappa shape index (κ1) is 26.7. The quantitative estimate of drug-likeness (QED) is 0.516. The number of rotatable bonds is 9. The van der Waals surface area contributed by atoms with Crippen LogP contribution in [0.15, 0.2) is 59.5 Å². The molecular formula is C26H34N2O6S. The molecule has 0 spiro atoms. The fourth-order valence-corrected chi connectivity index (χ4v) is 6.32. The number of alkyl carbamates (subject to hydrolysis) is 1. The summed E-state index contributed by atoms with van der Waals surface area (Å²) < 4.78 is 39.7. The standard InChI is InChI=1S/C26H34N2O6S/c1-4-8-22-13-16-24(27-26(30)34-17-21-9-6-5-7-10-21)25(18-33-20(3)29)28(22)35(31,32)23-14-11-19(2)12-15-23/h5-7,9-12,14-15,22,24-25H,4,8,13,16-18H2,1-3H3,(H,27,30)/t22-,24+,25+/m0/s1. The fraction of sp³-hybridized carbons (Fsp3) is 0.462. The number of nitrogens with zero attached hydrogens (tertiary/aromatic N) is 1. The average Bonchev–Trinajstić information content (AvgIpc) is 2.83. The summed E-state index contributed by atoms with van der Waals surface area (Å²) in [4.78, 5) is 24.4. The zero-order chi connectivity index (χ0) is 25.4. The first-order valence-corrected chi connectivity index (χ1v) is 13.4. The second-order valence-electron chi connectivity index (χ2n) is 8.85. The van der Waals surface area contributed by atoms with E-state index in [1.54, 1.807) is 24.3 Å². The van der Waals surface area contributed by atoms with Crippen LogP contribution in [0.1, 0.15) is 50.7 Å². The Kier molecular flexibility index (Phi) is 9.28. The molecule has 3 rings (SSSR count). The highest BCUT2D eigenvalue weighted by Gasteiger charge is 2.45. The maximum atomic E-state index is 13.8. The van der Waals surface area contributed by atoms with Gasteiger partial charge in [0.25, 0.3) is 0 Å². The Morgan fingerprint density at radius 2 is 1.71 bits per heavy atom. The van der Waals surface area contributed by atoms with Crippen molar-refractivity contribution < 1.29 is 27.5 Å². The van der Waals surface area contributed by atoms with E-state index in [0.717, 1.165) is 17.5 Å². The lowest BCUT2D eigenvalue weighted by atomic mass is 9.91. The maximum Gasteiger partial charge on any atom is 0.407 e. The van der Waals surface area contributed by atoms with E-state index in [-0.39, 0.29) is 24.2 Å². The van der Waals surface area contributed by atoms with Gasteiger partial charge in [-0.15, -0.1) is 0 Å². The van der Waals surface area contributed by atoms with Gasteiger partial charge in [-0.3, -0.25) is 4.79 Å². The van der Waals surface area contributed by atoms with E-state index in [4.69, 9.17) is 9.47 Å². The van der Waals surface area contributed by atoms with Gasteiger partial charge >= 0.3 is 12.1 Å². The van der Waals surface area contributed by atoms with Crippen LogP contribution in [0.25, 0.3) is 0 Å². The van der Waals surface area contributed by atoms with Gasteiger partial charge in [0.1, 0.15) is 13.2 Å². The molecule has 1 saturated heterocycles. The minimum atomic E-state index is -3.92. The third-order valence-corrected chi connectivity index (χ3v) is 8.15. The van der Waals surface area contributed by atoms with Crippen molar-refractivity contribution in [2.75, 3.05) is 6.61 Å². The Balaban J connectivity index is 1.87. The van der Waals surface area contributed by atoms with Crippen molar-refractivity contribution in [1.29, 1.82) is 0 Å². The molecule has 0 radical (unpaired) electrons. The van der Waals surface area contributed by atoms with Gasteiger partial charge in [-0.25, -0.2) is 13.2 Å². The van der Waals surface area contributed by atoms with Crippen molar-refractivity contribution in [3.05, 3.63) is 65.7 Å². The van der Waals surface area contributed by atoms with Crippen LogP contribution in [0.5, 0.6) is 0 Å². The van der Waals surface area contributed by atoms with Gasteiger partial charge in [-0.2, -0.15) is 4.31 Å². The number of ether oxygens (including phenoxy) is 2. The van der Waals surface area contributed by atoms with Gasteiger partial charge in [0.05, 0.1) is 17.0 Å². The molecule has 9 heteroatoms. The Labute approximate surface area is 207 Å². The molecular weight excluding hydrogens is 468 g/mol. The van der Waals surface area contributed by atoms with E-state index in [9.17, 15) is 18.0 Å². The summed E-state index contributed by atoms with van der Waals surface area (Å²) in [6, 6.07) is 14.3. The average molecular weight is 503 g/mol. The van der Waals surface area contributed by atoms with Crippen LogP contribution in [-0.4, -0.2) is 49.5 Å². The minimum Gasteiger partial charge on any atom is -0.464 e. The van der Waals surface area contributed by atoms with E-state index in [1.165, 1.54) is 11.2 Å². The second kappa shape index (κ2) is 12.2. The number of hydrogen-bond donors (Lipinski definition) is 1. The molecule has 2 aromatic carbocycles. The van der Waals surface area contributed by atoms with E-state index in [1.807, 2.05) is 44.2 Å². The van der Waals surface area contributed by atoms with Crippen LogP contribution in [0.3, 0.4) is 0 Å². The van der Waals surface area contributed by atoms with Crippen LogP contribution in [-0.2, 0) is 30.9 Å². The van der Waals surface area contributed by atoms with E-state index in [0.29, 0.717) is 19.3 Å². The molecule has 0 saturated carbocycles. The Bertz CT molecular complexity index is 1090. The molecule has 8 nitrogen and oxygen atoms in total. The van der Waals surface area contributed by atoms with Crippen LogP contribution in [0.4, 0.5) is 4.79 Å². The molecule has 1 heterocycles. The van der Waals surface area contributed by atoms with Crippen molar-refractivity contribution in [2.24, 2.45) is 0 Å². The van der Waals surface area contributed by atoms with Crippen molar-refractivity contribution in [3.63, 3.8) is 0 Å². The highest BCUT2D eigenvalue weighted by molar-refractivity contribution is 7.89. The number of aryl methyl sites for hydroxylation is 1. The molecule has 2 aromatic rings. The summed E-state index contributed by atoms with van der Waals surface area (Å²) in [6.45, 7) is 5.11. The summed E-state index contributed by atoms with van der Waals surface area (Å²) in [5.41, 5.74) is 1.79. The first-order valence-electron chi connectivity index (χ1n) is 11.9. The Hall–Kier alpha value is -2.91. The number of amides is 1. The number of sulfonamides is 1. The third-order valence-electron chi connectivity index (χ3n) is 6.15. The molecule has 1 fully saturated rings. The molecule has 190 valence electrons. The number of carbonyl (C=O) groups excluding carboxylic acids is 2. The number of hydrogen-bond acceptors (Lipinski definition) is 6. The zero-order valence-electron chi connectivity index (χ0n) is 20.5. The van der Waals surface area contributed by atoms with Crippen LogP contribution in [0.2, 0.25) is 0 Å². The summed E-state index contributed by atoms with van der Waals surface area (Å²) in [5, 5.41) is 2.83. The van der Waals surface area contributed by atoms with Crippen LogP contribution >= 0.6 is 0 Å². The Morgan fingerprint density at radius 1 is 1.03 bits per heavy atom. The highest BCUT2D eigenvalue weighted by atomic mass is 32.2. The van der Waals surface area contributed by atoms with Gasteiger partial charge < -0.3 is 14.8 Å². The molecule has 0 bridgehead atoms. The van der Waals surface area contributed by atoms with Crippen LogP contribution < -0.4 is 5.32 Å². The molecule has 1 aliphatic rings. The van der Waals surface area contributed by atoms with Crippen molar-refractivity contribution in [2.45, 2.75) is 76.1 Å². The SMILES string of the molecule is CCC[C@H]1CC[C@@H](NC(=O)OCc2ccccc2)[C@@H](COC(C)=O)N1S(=O)(=O)c1ccc(C)cc1. The fourth-order valence-electron chi connectivity index (χ4n) is 4.43. The number of carbonyl (C=O) groups is 2. The first-order chi connectivity index (χ1) is 16.7. The second-order valence-corrected chi connectivity index (χ2v) is 10.7. The maximum absolute atomic E-state index is 13.8. The molecule has 0 unspecified atom stereocenters. The number of nitrogens with one attached hydrogen (secondary N) is 1. The molecule has 0 aromatic heterocycles. The van der Waals surface area contributed by atoms with Gasteiger partial charge in [-0.05, 0) is 43.9 Å². The number of esters is 1. The Morgan fingerprint density at radius 3 is 2.34 bits per heavy atom. The molecule has 1 amide bonds. The smallest absolute Gasteiger partial charge is 0.407 e. The largest absolute Gasteiger partial charge is 0.464 e. The van der Waals surface area contributed by atoms with Gasteiger partial charge in [0.15, 0.2) is 0 Å². The van der Waals surface area contributed by atoms with Crippen LogP contribution in [0, 0.1) is 6.92 Å². The molecule has 1 N–H and O–H groups in total. The number of benzene rings is 2. The summed E-state index contributed by atoms with van der Waals surface area (Å²) >= 11 is 0. The van der Waals surface area contributed by atoms with Gasteiger partial charge in [0.2, 0.25) is 10.0 Å². The topological polar surface area (TPSA) is 102 Å². The predicted molar refractivity (Wildman–Crippen MR) is 132 cm³/mol. The molecule has 0 aliphatic carbocycles. The van der Waals surface area contributed by atoms with E-state index >= 15 is 0 Å². The normalized spacial score (nSPS) is 20.7. The van der Waals surface area contributed by atoms with Crippen molar-refractivity contribution in [3.8, 4) is 0 Å². The third kappa shape index (κ3) is 7.05. The summed E-state index contributed by atoms with van der Waals surface area (Å²) in [7, 11) is -3.92. The molecule has 3 atom stereocenters. The lowest BCUT2D eigenvalue weighted by Crippen LogP contribution is -2.62. The molecule has 35 heavy (non-hydrogen) atoms. The summed E-state index contributed by atoms with van der Waals surface area (Å²) in [6.07, 6.45) is 1.92.